The number of aliphatic imine (C=N–C) groups is 1. The van der Waals surface area contributed by atoms with Crippen LogP contribution in [-0.4, -0.2) is 56.8 Å². The summed E-state index contributed by atoms with van der Waals surface area (Å²) in [6, 6.07) is 0. The molecule has 0 radical (unpaired) electrons. The third-order valence-electron chi connectivity index (χ3n) is 3.81. The Morgan fingerprint density at radius 3 is 2.79 bits per heavy atom. The van der Waals surface area contributed by atoms with Crippen molar-refractivity contribution >= 4 is 5.96 Å². The second kappa shape index (κ2) is 8.38. The van der Waals surface area contributed by atoms with Gasteiger partial charge in [-0.05, 0) is 25.2 Å². The van der Waals surface area contributed by atoms with Crippen molar-refractivity contribution in [3.05, 3.63) is 0 Å². The Kier molecular flexibility index (Phi) is 6.44. The van der Waals surface area contributed by atoms with Crippen molar-refractivity contribution in [3.63, 3.8) is 0 Å². The molecule has 0 unspecified atom stereocenters. The van der Waals surface area contributed by atoms with Crippen molar-refractivity contribution in [2.75, 3.05) is 45.9 Å². The molecule has 5 heteroatoms. The summed E-state index contributed by atoms with van der Waals surface area (Å²) < 4.78 is 5.32. The summed E-state index contributed by atoms with van der Waals surface area (Å²) in [6.07, 6.45) is 6.51. The Labute approximate surface area is 116 Å². The van der Waals surface area contributed by atoms with Crippen molar-refractivity contribution in [2.45, 2.75) is 32.1 Å². The molecule has 1 aliphatic heterocycles. The molecule has 1 saturated heterocycles. The van der Waals surface area contributed by atoms with E-state index in [9.17, 15) is 0 Å². The lowest BCUT2D eigenvalue weighted by Gasteiger charge is -2.26. The smallest absolute Gasteiger partial charge is 0.188 e. The van der Waals surface area contributed by atoms with Gasteiger partial charge in [0.2, 0.25) is 0 Å². The molecule has 0 bridgehead atoms. The lowest BCUT2D eigenvalue weighted by molar-refractivity contribution is 0.0377. The number of hydrogen-bond acceptors (Lipinski definition) is 3. The summed E-state index contributed by atoms with van der Waals surface area (Å²) in [5.41, 5.74) is 5.83. The minimum Gasteiger partial charge on any atom is -0.379 e. The fraction of sp³-hybridized carbons (Fsp3) is 0.929. The first-order valence-corrected chi connectivity index (χ1v) is 7.68. The van der Waals surface area contributed by atoms with Crippen LogP contribution in [0.5, 0.6) is 0 Å². The minimum absolute atomic E-state index is 0.609. The van der Waals surface area contributed by atoms with Gasteiger partial charge in [0, 0.05) is 32.7 Å². The molecule has 0 atom stereocenters. The highest BCUT2D eigenvalue weighted by Crippen LogP contribution is 2.33. The summed E-state index contributed by atoms with van der Waals surface area (Å²) in [6.45, 7) is 6.73. The van der Waals surface area contributed by atoms with Crippen LogP contribution in [0, 0.1) is 5.92 Å². The summed E-state index contributed by atoms with van der Waals surface area (Å²) in [5, 5.41) is 3.20. The molecule has 110 valence electrons. The van der Waals surface area contributed by atoms with Gasteiger partial charge in [-0.15, -0.1) is 0 Å². The van der Waals surface area contributed by atoms with Gasteiger partial charge < -0.3 is 15.8 Å². The molecule has 19 heavy (non-hydrogen) atoms. The second-order valence-electron chi connectivity index (χ2n) is 5.59. The molecule has 0 spiro atoms. The Bertz CT molecular complexity index is 273. The maximum Gasteiger partial charge on any atom is 0.188 e. The number of hydrogen-bond donors (Lipinski definition) is 2. The summed E-state index contributed by atoms with van der Waals surface area (Å²) in [4.78, 5) is 6.80. The summed E-state index contributed by atoms with van der Waals surface area (Å²) in [7, 11) is 0. The molecule has 2 fully saturated rings. The largest absolute Gasteiger partial charge is 0.379 e. The van der Waals surface area contributed by atoms with Crippen molar-refractivity contribution in [1.82, 2.24) is 10.2 Å². The van der Waals surface area contributed by atoms with Gasteiger partial charge in [0.15, 0.2) is 5.96 Å². The van der Waals surface area contributed by atoms with Crippen LogP contribution in [0.15, 0.2) is 4.99 Å². The Morgan fingerprint density at radius 1 is 1.26 bits per heavy atom. The molecule has 1 aliphatic carbocycles. The fourth-order valence-electron chi connectivity index (χ4n) is 2.39. The fourth-order valence-corrected chi connectivity index (χ4v) is 2.39. The highest BCUT2D eigenvalue weighted by atomic mass is 16.5. The van der Waals surface area contributed by atoms with Crippen LogP contribution in [0.3, 0.4) is 0 Å². The zero-order valence-corrected chi connectivity index (χ0v) is 11.9. The third kappa shape index (κ3) is 6.78. The topological polar surface area (TPSA) is 62.9 Å². The molecular formula is C14H28N4O. The molecule has 0 aromatic rings. The van der Waals surface area contributed by atoms with E-state index in [-0.39, 0.29) is 0 Å². The number of rotatable bonds is 8. The molecule has 0 aromatic heterocycles. The Morgan fingerprint density at radius 2 is 2.05 bits per heavy atom. The molecule has 1 heterocycles. The van der Waals surface area contributed by atoms with Gasteiger partial charge in [-0.2, -0.15) is 0 Å². The highest BCUT2D eigenvalue weighted by Gasteiger charge is 2.19. The molecule has 5 nitrogen and oxygen atoms in total. The van der Waals surface area contributed by atoms with E-state index in [1.165, 1.54) is 25.7 Å². The molecule has 0 aromatic carbocycles. The van der Waals surface area contributed by atoms with Crippen LogP contribution in [0.25, 0.3) is 0 Å². The normalized spacial score (nSPS) is 21.6. The highest BCUT2D eigenvalue weighted by molar-refractivity contribution is 5.77. The molecule has 2 rings (SSSR count). The number of morpholine rings is 1. The SMILES string of the molecule is NC(=NCCCN1CCOCC1)NCCCC1CC1. The molecule has 2 aliphatic rings. The Balaban J connectivity index is 1.44. The number of nitrogens with one attached hydrogen (secondary N) is 1. The zero-order chi connectivity index (χ0) is 13.3. The van der Waals surface area contributed by atoms with Gasteiger partial charge in [-0.1, -0.05) is 12.8 Å². The third-order valence-corrected chi connectivity index (χ3v) is 3.81. The number of guanidine groups is 1. The van der Waals surface area contributed by atoms with E-state index in [0.717, 1.165) is 58.3 Å². The maximum absolute atomic E-state index is 5.83. The van der Waals surface area contributed by atoms with Crippen LogP contribution < -0.4 is 11.1 Å². The summed E-state index contributed by atoms with van der Waals surface area (Å²) in [5.74, 6) is 1.62. The van der Waals surface area contributed by atoms with E-state index in [4.69, 9.17) is 10.5 Å². The van der Waals surface area contributed by atoms with Gasteiger partial charge in [-0.25, -0.2) is 0 Å². The van der Waals surface area contributed by atoms with Crippen molar-refractivity contribution in [3.8, 4) is 0 Å². The molecule has 3 N–H and O–H groups in total. The van der Waals surface area contributed by atoms with Gasteiger partial charge in [0.05, 0.1) is 13.2 Å². The van der Waals surface area contributed by atoms with E-state index < -0.39 is 0 Å². The van der Waals surface area contributed by atoms with E-state index >= 15 is 0 Å². The lowest BCUT2D eigenvalue weighted by Crippen LogP contribution is -2.37. The molecular weight excluding hydrogens is 240 g/mol. The first kappa shape index (κ1) is 14.6. The van der Waals surface area contributed by atoms with E-state index in [1.54, 1.807) is 0 Å². The number of nitrogens with two attached hydrogens (primary N) is 1. The van der Waals surface area contributed by atoms with Crippen molar-refractivity contribution in [2.24, 2.45) is 16.6 Å². The average molecular weight is 268 g/mol. The van der Waals surface area contributed by atoms with Crippen LogP contribution in [-0.2, 0) is 4.74 Å². The number of nitrogens with zero attached hydrogens (tertiary/aromatic N) is 2. The van der Waals surface area contributed by atoms with Crippen LogP contribution in [0.4, 0.5) is 0 Å². The first-order chi connectivity index (χ1) is 9.34. The monoisotopic (exact) mass is 268 g/mol. The summed E-state index contributed by atoms with van der Waals surface area (Å²) >= 11 is 0. The molecule has 1 saturated carbocycles. The van der Waals surface area contributed by atoms with Gasteiger partial charge in [-0.3, -0.25) is 9.89 Å². The van der Waals surface area contributed by atoms with E-state index in [1.807, 2.05) is 0 Å². The predicted octanol–water partition coefficient (Wildman–Crippen LogP) is 0.803. The van der Waals surface area contributed by atoms with Crippen LogP contribution in [0.1, 0.15) is 32.1 Å². The van der Waals surface area contributed by atoms with Crippen molar-refractivity contribution < 1.29 is 4.74 Å². The zero-order valence-electron chi connectivity index (χ0n) is 11.9. The molecule has 0 amide bonds. The standard InChI is InChI=1S/C14H28N4O/c15-14(16-6-1-3-13-4-5-13)17-7-2-8-18-9-11-19-12-10-18/h13H,1-12H2,(H3,15,16,17). The van der Waals surface area contributed by atoms with Crippen molar-refractivity contribution in [1.29, 1.82) is 0 Å². The quantitative estimate of drug-likeness (QED) is 0.388. The van der Waals surface area contributed by atoms with Gasteiger partial charge in [0.1, 0.15) is 0 Å². The lowest BCUT2D eigenvalue weighted by atomic mass is 10.2. The predicted molar refractivity (Wildman–Crippen MR) is 78.3 cm³/mol. The Hall–Kier alpha value is -0.810. The second-order valence-corrected chi connectivity index (χ2v) is 5.59. The van der Waals surface area contributed by atoms with Crippen LogP contribution >= 0.6 is 0 Å². The van der Waals surface area contributed by atoms with Crippen LogP contribution in [0.2, 0.25) is 0 Å². The minimum atomic E-state index is 0.609. The van der Waals surface area contributed by atoms with E-state index in [2.05, 4.69) is 15.2 Å². The van der Waals surface area contributed by atoms with E-state index in [0.29, 0.717) is 5.96 Å². The van der Waals surface area contributed by atoms with Gasteiger partial charge in [0.25, 0.3) is 0 Å². The first-order valence-electron chi connectivity index (χ1n) is 7.68. The number of ether oxygens (including phenoxy) is 1. The average Bonchev–Trinajstić information content (AvgIpc) is 3.25. The maximum atomic E-state index is 5.83. The van der Waals surface area contributed by atoms with Gasteiger partial charge >= 0.3 is 0 Å².